The molecular formula is C15H27N3O3. The number of anilines is 1. The smallest absolute Gasteiger partial charge is 0.268 e. The SMILES string of the molecule is CCOC(CCn1ncc(N(CC)CC)cc1=O)OCC. The lowest BCUT2D eigenvalue weighted by Gasteiger charge is -2.21. The van der Waals surface area contributed by atoms with Crippen molar-refractivity contribution in [2.24, 2.45) is 0 Å². The first kappa shape index (κ1) is 17.7. The van der Waals surface area contributed by atoms with Crippen molar-refractivity contribution >= 4 is 5.69 Å². The molecule has 0 unspecified atom stereocenters. The van der Waals surface area contributed by atoms with E-state index in [-0.39, 0.29) is 11.8 Å². The molecule has 1 rings (SSSR count). The highest BCUT2D eigenvalue weighted by Crippen LogP contribution is 2.09. The minimum Gasteiger partial charge on any atom is -0.371 e. The summed E-state index contributed by atoms with van der Waals surface area (Å²) in [6, 6.07) is 1.64. The van der Waals surface area contributed by atoms with E-state index in [0.29, 0.717) is 26.2 Å². The molecular weight excluding hydrogens is 270 g/mol. The Labute approximate surface area is 126 Å². The Morgan fingerprint density at radius 1 is 1.19 bits per heavy atom. The van der Waals surface area contributed by atoms with E-state index in [1.165, 1.54) is 4.68 Å². The minimum atomic E-state index is -0.281. The number of hydrogen-bond acceptors (Lipinski definition) is 5. The summed E-state index contributed by atoms with van der Waals surface area (Å²) >= 11 is 0. The molecule has 0 N–H and O–H groups in total. The molecule has 0 bridgehead atoms. The predicted molar refractivity (Wildman–Crippen MR) is 83.7 cm³/mol. The highest BCUT2D eigenvalue weighted by atomic mass is 16.7. The van der Waals surface area contributed by atoms with Crippen LogP contribution in [0.4, 0.5) is 5.69 Å². The first-order valence-electron chi connectivity index (χ1n) is 7.71. The van der Waals surface area contributed by atoms with E-state index in [1.807, 2.05) is 13.8 Å². The Balaban J connectivity index is 2.70. The highest BCUT2D eigenvalue weighted by Gasteiger charge is 2.10. The normalized spacial score (nSPS) is 11.1. The van der Waals surface area contributed by atoms with Gasteiger partial charge in [0.25, 0.3) is 5.56 Å². The zero-order valence-corrected chi connectivity index (χ0v) is 13.5. The summed E-state index contributed by atoms with van der Waals surface area (Å²) in [6.07, 6.45) is 2.07. The molecule has 0 aliphatic carbocycles. The second-order valence-corrected chi connectivity index (χ2v) is 4.58. The van der Waals surface area contributed by atoms with Gasteiger partial charge in [-0.2, -0.15) is 5.10 Å². The number of ether oxygens (including phenoxy) is 2. The molecule has 0 atom stereocenters. The number of nitrogens with zero attached hydrogens (tertiary/aromatic N) is 3. The summed E-state index contributed by atoms with van der Waals surface area (Å²) in [5, 5.41) is 4.24. The van der Waals surface area contributed by atoms with Crippen LogP contribution in [-0.2, 0) is 16.0 Å². The van der Waals surface area contributed by atoms with E-state index in [9.17, 15) is 4.79 Å². The van der Waals surface area contributed by atoms with Crippen molar-refractivity contribution in [1.29, 1.82) is 0 Å². The lowest BCUT2D eigenvalue weighted by Crippen LogP contribution is -2.29. The van der Waals surface area contributed by atoms with Crippen LogP contribution >= 0.6 is 0 Å². The second-order valence-electron chi connectivity index (χ2n) is 4.58. The van der Waals surface area contributed by atoms with Gasteiger partial charge in [-0.1, -0.05) is 0 Å². The van der Waals surface area contributed by atoms with Gasteiger partial charge in [0, 0.05) is 45.3 Å². The second kappa shape index (κ2) is 9.52. The molecule has 1 aromatic rings. The van der Waals surface area contributed by atoms with Crippen LogP contribution in [0.2, 0.25) is 0 Å². The molecule has 0 saturated carbocycles. The number of aryl methyl sites for hydroxylation is 1. The van der Waals surface area contributed by atoms with Crippen LogP contribution in [0.1, 0.15) is 34.1 Å². The Kier molecular flexibility index (Phi) is 8.00. The molecule has 6 heteroatoms. The van der Waals surface area contributed by atoms with Gasteiger partial charge in [0.2, 0.25) is 0 Å². The largest absolute Gasteiger partial charge is 0.371 e. The van der Waals surface area contributed by atoms with Gasteiger partial charge in [0.1, 0.15) is 0 Å². The zero-order chi connectivity index (χ0) is 15.7. The standard InChI is InChI=1S/C15H27N3O3/c1-5-17(6-2)13-11-14(19)18(16-12-13)10-9-15(20-7-3)21-8-4/h11-12,15H,5-10H2,1-4H3. The Morgan fingerprint density at radius 2 is 1.81 bits per heavy atom. The average molecular weight is 297 g/mol. The van der Waals surface area contributed by atoms with Crippen LogP contribution in [0.5, 0.6) is 0 Å². The molecule has 0 radical (unpaired) electrons. The van der Waals surface area contributed by atoms with Crippen molar-refractivity contribution in [1.82, 2.24) is 9.78 Å². The highest BCUT2D eigenvalue weighted by molar-refractivity contribution is 5.42. The van der Waals surface area contributed by atoms with Crippen molar-refractivity contribution in [2.75, 3.05) is 31.2 Å². The third-order valence-electron chi connectivity index (χ3n) is 3.27. The monoisotopic (exact) mass is 297 g/mol. The summed E-state index contributed by atoms with van der Waals surface area (Å²) in [5.74, 6) is 0. The van der Waals surface area contributed by atoms with E-state index < -0.39 is 0 Å². The first-order chi connectivity index (χ1) is 10.2. The van der Waals surface area contributed by atoms with Crippen LogP contribution in [0.3, 0.4) is 0 Å². The molecule has 0 aromatic carbocycles. The fourth-order valence-corrected chi connectivity index (χ4v) is 2.17. The fraction of sp³-hybridized carbons (Fsp3) is 0.733. The van der Waals surface area contributed by atoms with Gasteiger partial charge in [-0.25, -0.2) is 4.68 Å². The quantitative estimate of drug-likeness (QED) is 0.617. The Morgan fingerprint density at radius 3 is 2.29 bits per heavy atom. The number of aromatic nitrogens is 2. The molecule has 1 aromatic heterocycles. The summed E-state index contributed by atoms with van der Waals surface area (Å²) in [5.41, 5.74) is 0.776. The molecule has 0 saturated heterocycles. The molecule has 1 heterocycles. The van der Waals surface area contributed by atoms with E-state index in [0.717, 1.165) is 18.8 Å². The maximum atomic E-state index is 12.1. The lowest BCUT2D eigenvalue weighted by molar-refractivity contribution is -0.141. The van der Waals surface area contributed by atoms with E-state index >= 15 is 0 Å². The summed E-state index contributed by atoms with van der Waals surface area (Å²) < 4.78 is 12.4. The topological polar surface area (TPSA) is 56.6 Å². The third kappa shape index (κ3) is 5.47. The average Bonchev–Trinajstić information content (AvgIpc) is 2.48. The van der Waals surface area contributed by atoms with Gasteiger partial charge in [0.15, 0.2) is 6.29 Å². The van der Waals surface area contributed by atoms with Crippen LogP contribution in [0, 0.1) is 0 Å². The van der Waals surface area contributed by atoms with Gasteiger partial charge < -0.3 is 14.4 Å². The minimum absolute atomic E-state index is 0.0915. The molecule has 6 nitrogen and oxygen atoms in total. The molecule has 120 valence electrons. The Hall–Kier alpha value is -1.40. The van der Waals surface area contributed by atoms with Gasteiger partial charge in [0.05, 0.1) is 11.9 Å². The van der Waals surface area contributed by atoms with Crippen molar-refractivity contribution in [3.8, 4) is 0 Å². The van der Waals surface area contributed by atoms with Crippen molar-refractivity contribution in [3.05, 3.63) is 22.6 Å². The number of rotatable bonds is 10. The van der Waals surface area contributed by atoms with Crippen LogP contribution in [0.25, 0.3) is 0 Å². The van der Waals surface area contributed by atoms with Crippen LogP contribution < -0.4 is 10.5 Å². The molecule has 21 heavy (non-hydrogen) atoms. The van der Waals surface area contributed by atoms with Crippen LogP contribution in [-0.4, -0.2) is 42.4 Å². The zero-order valence-electron chi connectivity index (χ0n) is 13.5. The van der Waals surface area contributed by atoms with E-state index in [2.05, 4.69) is 23.8 Å². The van der Waals surface area contributed by atoms with Crippen LogP contribution in [0.15, 0.2) is 17.1 Å². The molecule has 0 aliphatic rings. The van der Waals surface area contributed by atoms with Crippen molar-refractivity contribution in [3.63, 3.8) is 0 Å². The summed E-state index contributed by atoms with van der Waals surface area (Å²) in [4.78, 5) is 14.2. The van der Waals surface area contributed by atoms with Crippen molar-refractivity contribution < 1.29 is 9.47 Å². The van der Waals surface area contributed by atoms with Crippen molar-refractivity contribution in [2.45, 2.75) is 47.0 Å². The van der Waals surface area contributed by atoms with E-state index in [1.54, 1.807) is 12.3 Å². The third-order valence-corrected chi connectivity index (χ3v) is 3.27. The van der Waals surface area contributed by atoms with Gasteiger partial charge in [-0.05, 0) is 27.7 Å². The van der Waals surface area contributed by atoms with Gasteiger partial charge >= 0.3 is 0 Å². The van der Waals surface area contributed by atoms with Gasteiger partial charge in [-0.3, -0.25) is 4.79 Å². The first-order valence-corrected chi connectivity index (χ1v) is 7.71. The maximum Gasteiger partial charge on any atom is 0.268 e. The molecule has 0 spiro atoms. The maximum absolute atomic E-state index is 12.1. The molecule has 0 aliphatic heterocycles. The Bertz CT molecular complexity index is 452. The fourth-order valence-electron chi connectivity index (χ4n) is 2.17. The predicted octanol–water partition coefficient (Wildman–Crippen LogP) is 1.88. The lowest BCUT2D eigenvalue weighted by atomic mass is 10.3. The molecule has 0 amide bonds. The van der Waals surface area contributed by atoms with Gasteiger partial charge in [-0.15, -0.1) is 0 Å². The molecule has 0 fully saturated rings. The summed E-state index contributed by atoms with van der Waals surface area (Å²) in [6.45, 7) is 11.4. The van der Waals surface area contributed by atoms with E-state index in [4.69, 9.17) is 9.47 Å². The number of hydrogen-bond donors (Lipinski definition) is 0. The summed E-state index contributed by atoms with van der Waals surface area (Å²) in [7, 11) is 0.